The number of piperazine rings is 1. The zero-order valence-corrected chi connectivity index (χ0v) is 22.5. The van der Waals surface area contributed by atoms with Crippen molar-refractivity contribution in [2.75, 3.05) is 50.5 Å². The number of ether oxygens (including phenoxy) is 1. The first kappa shape index (κ1) is 25.3. The molecule has 9 heteroatoms. The number of halogens is 1. The molecule has 4 heterocycles. The van der Waals surface area contributed by atoms with Gasteiger partial charge in [-0.3, -0.25) is 9.88 Å². The zero-order valence-electron chi connectivity index (χ0n) is 21.7. The van der Waals surface area contributed by atoms with Crippen LogP contribution in [0.15, 0.2) is 42.7 Å². The van der Waals surface area contributed by atoms with E-state index in [0.717, 1.165) is 84.7 Å². The zero-order chi connectivity index (χ0) is 25.9. The number of hydrogen-bond acceptors (Lipinski definition) is 7. The van der Waals surface area contributed by atoms with Crippen molar-refractivity contribution in [1.29, 1.82) is 0 Å². The number of rotatable bonds is 8. The summed E-state index contributed by atoms with van der Waals surface area (Å²) in [5, 5.41) is 1.28. The van der Waals surface area contributed by atoms with Gasteiger partial charge >= 0.3 is 0 Å². The molecule has 8 nitrogen and oxygen atoms in total. The molecule has 1 aliphatic heterocycles. The highest BCUT2D eigenvalue weighted by atomic mass is 35.5. The van der Waals surface area contributed by atoms with Gasteiger partial charge in [-0.15, -0.1) is 0 Å². The Morgan fingerprint density at radius 3 is 2.54 bits per heavy atom. The average molecular weight is 520 g/mol. The number of pyridine rings is 1. The van der Waals surface area contributed by atoms with Gasteiger partial charge in [-0.2, -0.15) is 4.98 Å². The van der Waals surface area contributed by atoms with Crippen LogP contribution in [0.4, 0.5) is 11.6 Å². The number of methoxy groups -OCH3 is 1. The number of fused-ring (bicyclic) bond motifs is 1. The van der Waals surface area contributed by atoms with E-state index in [1.54, 1.807) is 7.11 Å². The minimum absolute atomic E-state index is 0.172. The molecule has 1 fully saturated rings. The summed E-state index contributed by atoms with van der Waals surface area (Å²) in [7, 11) is 1.69. The van der Waals surface area contributed by atoms with Gasteiger partial charge < -0.3 is 19.9 Å². The van der Waals surface area contributed by atoms with E-state index in [9.17, 15) is 0 Å². The van der Waals surface area contributed by atoms with E-state index >= 15 is 0 Å². The third-order valence-electron chi connectivity index (χ3n) is 7.25. The van der Waals surface area contributed by atoms with Crippen LogP contribution in [0.3, 0.4) is 0 Å². The van der Waals surface area contributed by atoms with Crippen LogP contribution in [0.5, 0.6) is 5.75 Å². The summed E-state index contributed by atoms with van der Waals surface area (Å²) in [4.78, 5) is 18.5. The Kier molecular flexibility index (Phi) is 7.48. The molecule has 37 heavy (non-hydrogen) atoms. The van der Waals surface area contributed by atoms with Crippen LogP contribution in [0.1, 0.15) is 28.8 Å². The smallest absolute Gasteiger partial charge is 0.223 e. The molecule has 0 saturated carbocycles. The number of aryl methyl sites for hydroxylation is 2. The van der Waals surface area contributed by atoms with E-state index in [2.05, 4.69) is 65.8 Å². The number of para-hydroxylation sites is 1. The lowest BCUT2D eigenvalue weighted by atomic mass is 10.1. The van der Waals surface area contributed by atoms with Gasteiger partial charge in [0.2, 0.25) is 5.95 Å². The topological polar surface area (TPSA) is 85.3 Å². The fourth-order valence-electron chi connectivity index (χ4n) is 5.30. The van der Waals surface area contributed by atoms with Crippen molar-refractivity contribution < 1.29 is 4.74 Å². The molecule has 0 spiro atoms. The lowest BCUT2D eigenvalue weighted by Crippen LogP contribution is -2.46. The highest BCUT2D eigenvalue weighted by molar-refractivity contribution is 6.34. The molecule has 0 bridgehead atoms. The molecule has 0 unspecified atom stereocenters. The SMILES string of the molecule is COc1c(C)cnc(Cn2cc(CCCN3CCN(c4ccccc4)CC3)c3c(Cl)nc(N)nc32)c1C. The molecule has 2 N–H and O–H groups in total. The maximum absolute atomic E-state index is 6.59. The van der Waals surface area contributed by atoms with Gasteiger partial charge in [-0.05, 0) is 50.9 Å². The quantitative estimate of drug-likeness (QED) is 0.343. The molecule has 1 aliphatic rings. The highest BCUT2D eigenvalue weighted by Crippen LogP contribution is 2.30. The average Bonchev–Trinajstić information content (AvgIpc) is 3.24. The lowest BCUT2D eigenvalue weighted by molar-refractivity contribution is 0.255. The minimum Gasteiger partial charge on any atom is -0.496 e. The van der Waals surface area contributed by atoms with Crippen LogP contribution in [0.2, 0.25) is 5.15 Å². The first-order valence-corrected chi connectivity index (χ1v) is 13.1. The van der Waals surface area contributed by atoms with Crippen LogP contribution in [0.25, 0.3) is 11.0 Å². The summed E-state index contributed by atoms with van der Waals surface area (Å²) < 4.78 is 7.68. The monoisotopic (exact) mass is 519 g/mol. The van der Waals surface area contributed by atoms with Crippen LogP contribution in [-0.4, -0.2) is 64.3 Å². The minimum atomic E-state index is 0.172. The number of benzene rings is 1. The molecule has 0 aliphatic carbocycles. The molecular weight excluding hydrogens is 486 g/mol. The number of aromatic nitrogens is 4. The van der Waals surface area contributed by atoms with Gasteiger partial charge in [0.25, 0.3) is 0 Å². The molecule has 1 saturated heterocycles. The van der Waals surface area contributed by atoms with Gasteiger partial charge in [0.05, 0.1) is 24.7 Å². The Labute approximate surface area is 223 Å². The van der Waals surface area contributed by atoms with Crippen LogP contribution < -0.4 is 15.4 Å². The predicted molar refractivity (Wildman–Crippen MR) is 150 cm³/mol. The third kappa shape index (κ3) is 5.36. The van der Waals surface area contributed by atoms with E-state index in [0.29, 0.717) is 11.7 Å². The number of nitrogens with two attached hydrogens (primary N) is 1. The van der Waals surface area contributed by atoms with Crippen LogP contribution in [0, 0.1) is 13.8 Å². The van der Waals surface area contributed by atoms with E-state index < -0.39 is 0 Å². The van der Waals surface area contributed by atoms with Gasteiger partial charge in [-0.1, -0.05) is 29.8 Å². The largest absolute Gasteiger partial charge is 0.496 e. The van der Waals surface area contributed by atoms with Gasteiger partial charge in [0.15, 0.2) is 0 Å². The Hall–Kier alpha value is -3.36. The fourth-order valence-corrected chi connectivity index (χ4v) is 5.59. The number of nitrogens with zero attached hydrogens (tertiary/aromatic N) is 6. The Bertz CT molecular complexity index is 1380. The van der Waals surface area contributed by atoms with Crippen molar-refractivity contribution >= 4 is 34.3 Å². The molecule has 0 radical (unpaired) electrons. The first-order chi connectivity index (χ1) is 17.9. The Balaban J connectivity index is 1.29. The van der Waals surface area contributed by atoms with Crippen molar-refractivity contribution in [3.05, 3.63) is 70.3 Å². The second kappa shape index (κ2) is 10.9. The maximum atomic E-state index is 6.59. The van der Waals surface area contributed by atoms with E-state index in [4.69, 9.17) is 22.1 Å². The summed E-state index contributed by atoms with van der Waals surface area (Å²) in [6.07, 6.45) is 5.90. The summed E-state index contributed by atoms with van der Waals surface area (Å²) >= 11 is 6.59. The van der Waals surface area contributed by atoms with E-state index in [-0.39, 0.29) is 5.95 Å². The van der Waals surface area contributed by atoms with Gasteiger partial charge in [-0.25, -0.2) is 4.98 Å². The second-order valence-electron chi connectivity index (χ2n) is 9.67. The number of anilines is 2. The summed E-state index contributed by atoms with van der Waals surface area (Å²) in [5.74, 6) is 1.03. The van der Waals surface area contributed by atoms with Crippen molar-refractivity contribution in [2.45, 2.75) is 33.2 Å². The second-order valence-corrected chi connectivity index (χ2v) is 10.0. The van der Waals surface area contributed by atoms with Crippen molar-refractivity contribution in [3.63, 3.8) is 0 Å². The Morgan fingerprint density at radius 2 is 1.81 bits per heavy atom. The molecule has 4 aromatic rings. The van der Waals surface area contributed by atoms with Crippen molar-refractivity contribution in [1.82, 2.24) is 24.4 Å². The standard InChI is InChI=1S/C28H34ClN7O/c1-19-16-31-23(20(2)25(19)37-3)18-36-17-21(24-26(29)32-28(30)33-27(24)36)8-7-11-34-12-14-35(15-13-34)22-9-5-4-6-10-22/h4-6,9-10,16-17H,7-8,11-15,18H2,1-3H3,(H2,30,32,33). The molecule has 0 atom stereocenters. The molecule has 5 rings (SSSR count). The van der Waals surface area contributed by atoms with Crippen molar-refractivity contribution in [3.8, 4) is 5.75 Å². The van der Waals surface area contributed by atoms with Crippen LogP contribution >= 0.6 is 11.6 Å². The number of hydrogen-bond donors (Lipinski definition) is 1. The molecular formula is C28H34ClN7O. The first-order valence-electron chi connectivity index (χ1n) is 12.8. The maximum Gasteiger partial charge on any atom is 0.223 e. The van der Waals surface area contributed by atoms with Crippen molar-refractivity contribution in [2.24, 2.45) is 0 Å². The number of nitrogen functional groups attached to an aromatic ring is 1. The highest BCUT2D eigenvalue weighted by Gasteiger charge is 2.20. The Morgan fingerprint density at radius 1 is 1.05 bits per heavy atom. The fraction of sp³-hybridized carbons (Fsp3) is 0.393. The van der Waals surface area contributed by atoms with E-state index in [1.807, 2.05) is 20.0 Å². The molecule has 0 amide bonds. The van der Waals surface area contributed by atoms with Crippen LogP contribution in [-0.2, 0) is 13.0 Å². The van der Waals surface area contributed by atoms with E-state index in [1.165, 1.54) is 5.69 Å². The summed E-state index contributed by atoms with van der Waals surface area (Å²) in [6, 6.07) is 10.7. The molecule has 1 aromatic carbocycles. The summed E-state index contributed by atoms with van der Waals surface area (Å²) in [6.45, 7) is 9.86. The summed E-state index contributed by atoms with van der Waals surface area (Å²) in [5.41, 5.74) is 12.1. The predicted octanol–water partition coefficient (Wildman–Crippen LogP) is 4.49. The lowest BCUT2D eigenvalue weighted by Gasteiger charge is -2.36. The normalized spacial score (nSPS) is 14.4. The van der Waals surface area contributed by atoms with Gasteiger partial charge in [0, 0.05) is 55.4 Å². The van der Waals surface area contributed by atoms with Gasteiger partial charge in [0.1, 0.15) is 16.5 Å². The third-order valence-corrected chi connectivity index (χ3v) is 7.53. The molecule has 3 aromatic heterocycles. The molecule has 194 valence electrons.